The molecular formula is C21H21N3O3. The van der Waals surface area contributed by atoms with Crippen molar-refractivity contribution in [2.24, 2.45) is 0 Å². The number of nitrogens with zero attached hydrogens (tertiary/aromatic N) is 2. The molecule has 6 nitrogen and oxygen atoms in total. The van der Waals surface area contributed by atoms with Crippen LogP contribution in [0, 0.1) is 13.8 Å². The van der Waals surface area contributed by atoms with Gasteiger partial charge in [-0.2, -0.15) is 0 Å². The number of aryl methyl sites for hydroxylation is 2. The number of carbonyl (C=O) groups is 2. The largest absolute Gasteiger partial charge is 0.459 e. The van der Waals surface area contributed by atoms with Crippen LogP contribution in [0.4, 0.5) is 5.69 Å². The van der Waals surface area contributed by atoms with E-state index in [2.05, 4.69) is 15.3 Å². The number of hydrogen-bond donors (Lipinski definition) is 1. The smallest absolute Gasteiger partial charge is 0.338 e. The highest BCUT2D eigenvalue weighted by Crippen LogP contribution is 2.17. The van der Waals surface area contributed by atoms with Gasteiger partial charge < -0.3 is 10.1 Å². The second kappa shape index (κ2) is 7.53. The molecule has 1 heterocycles. The van der Waals surface area contributed by atoms with Crippen LogP contribution in [-0.2, 0) is 4.74 Å². The molecule has 0 saturated carbocycles. The van der Waals surface area contributed by atoms with Crippen molar-refractivity contribution in [3.63, 3.8) is 0 Å². The fourth-order valence-electron chi connectivity index (χ4n) is 2.55. The van der Waals surface area contributed by atoms with E-state index in [0.29, 0.717) is 22.3 Å². The lowest BCUT2D eigenvalue weighted by molar-refractivity contribution is 0.0378. The van der Waals surface area contributed by atoms with Crippen LogP contribution < -0.4 is 5.32 Å². The maximum Gasteiger partial charge on any atom is 0.338 e. The summed E-state index contributed by atoms with van der Waals surface area (Å²) in [5.74, 6) is -0.643. The van der Waals surface area contributed by atoms with Crippen LogP contribution in [0.5, 0.6) is 0 Å². The van der Waals surface area contributed by atoms with Gasteiger partial charge in [-0.3, -0.25) is 4.79 Å². The van der Waals surface area contributed by atoms with Crippen LogP contribution in [0.15, 0.2) is 42.5 Å². The van der Waals surface area contributed by atoms with Crippen LogP contribution in [0.3, 0.4) is 0 Å². The van der Waals surface area contributed by atoms with Crippen LogP contribution in [-0.4, -0.2) is 27.9 Å². The summed E-state index contributed by atoms with van der Waals surface area (Å²) in [5.41, 5.74) is 4.66. The molecule has 27 heavy (non-hydrogen) atoms. The fraction of sp³-hybridized carbons (Fsp3) is 0.238. The molecule has 0 aliphatic rings. The molecule has 1 amide bonds. The SMILES string of the molecule is Cc1nc2ccc(C(=O)Nc3ccc(C(=O)OC(C)C)cc3)cc2nc1C. The molecule has 3 rings (SSSR count). The normalized spacial score (nSPS) is 10.9. The molecule has 0 bridgehead atoms. The minimum Gasteiger partial charge on any atom is -0.459 e. The zero-order valence-corrected chi connectivity index (χ0v) is 15.7. The first-order chi connectivity index (χ1) is 12.8. The second-order valence-electron chi connectivity index (χ2n) is 6.58. The molecule has 3 aromatic rings. The van der Waals surface area contributed by atoms with Crippen molar-refractivity contribution in [3.8, 4) is 0 Å². The summed E-state index contributed by atoms with van der Waals surface area (Å²) in [7, 11) is 0. The molecule has 0 aliphatic heterocycles. The summed E-state index contributed by atoms with van der Waals surface area (Å²) >= 11 is 0. The van der Waals surface area contributed by atoms with E-state index < -0.39 is 0 Å². The first-order valence-corrected chi connectivity index (χ1v) is 8.71. The third kappa shape index (κ3) is 4.28. The van der Waals surface area contributed by atoms with E-state index in [0.717, 1.165) is 16.9 Å². The first-order valence-electron chi connectivity index (χ1n) is 8.71. The Kier molecular flexibility index (Phi) is 5.16. The van der Waals surface area contributed by atoms with Gasteiger partial charge in [0, 0.05) is 11.3 Å². The highest BCUT2D eigenvalue weighted by Gasteiger charge is 2.11. The molecule has 1 aromatic heterocycles. The molecule has 0 unspecified atom stereocenters. The van der Waals surface area contributed by atoms with Gasteiger partial charge in [-0.05, 0) is 70.2 Å². The van der Waals surface area contributed by atoms with E-state index in [9.17, 15) is 9.59 Å². The van der Waals surface area contributed by atoms with E-state index in [1.54, 1.807) is 56.3 Å². The third-order valence-electron chi connectivity index (χ3n) is 4.06. The van der Waals surface area contributed by atoms with Crippen LogP contribution in [0.25, 0.3) is 11.0 Å². The molecule has 0 aliphatic carbocycles. The van der Waals surface area contributed by atoms with Crippen molar-refractivity contribution >= 4 is 28.6 Å². The Labute approximate surface area is 157 Å². The minimum atomic E-state index is -0.387. The maximum absolute atomic E-state index is 12.5. The lowest BCUT2D eigenvalue weighted by atomic mass is 10.1. The van der Waals surface area contributed by atoms with Gasteiger partial charge in [-0.1, -0.05) is 0 Å². The standard InChI is InChI=1S/C21H21N3O3/c1-12(2)27-21(26)15-5-8-17(9-6-15)24-20(25)16-7-10-18-19(11-16)23-14(4)13(3)22-18/h5-12H,1-4H3,(H,24,25). The summed E-state index contributed by atoms with van der Waals surface area (Å²) in [6.07, 6.45) is -0.180. The molecule has 138 valence electrons. The van der Waals surface area contributed by atoms with Crippen molar-refractivity contribution in [1.29, 1.82) is 0 Å². The molecule has 2 aromatic carbocycles. The molecule has 1 N–H and O–H groups in total. The van der Waals surface area contributed by atoms with Crippen molar-refractivity contribution in [2.75, 3.05) is 5.32 Å². The number of carbonyl (C=O) groups excluding carboxylic acids is 2. The molecular weight excluding hydrogens is 342 g/mol. The molecule has 0 radical (unpaired) electrons. The van der Waals surface area contributed by atoms with E-state index in [1.807, 2.05) is 13.8 Å². The van der Waals surface area contributed by atoms with E-state index in [4.69, 9.17) is 4.74 Å². The monoisotopic (exact) mass is 363 g/mol. The Hall–Kier alpha value is -3.28. The number of rotatable bonds is 4. The Morgan fingerprint density at radius 2 is 1.48 bits per heavy atom. The summed E-state index contributed by atoms with van der Waals surface area (Å²) < 4.78 is 5.15. The van der Waals surface area contributed by atoms with Crippen molar-refractivity contribution < 1.29 is 14.3 Å². The van der Waals surface area contributed by atoms with Gasteiger partial charge in [0.1, 0.15) is 0 Å². The number of hydrogen-bond acceptors (Lipinski definition) is 5. The average Bonchev–Trinajstić information content (AvgIpc) is 2.62. The van der Waals surface area contributed by atoms with E-state index in [1.165, 1.54) is 0 Å². The highest BCUT2D eigenvalue weighted by atomic mass is 16.5. The summed E-state index contributed by atoms with van der Waals surface area (Å²) in [6.45, 7) is 7.38. The van der Waals surface area contributed by atoms with Gasteiger partial charge in [0.05, 0.1) is 34.1 Å². The second-order valence-corrected chi connectivity index (χ2v) is 6.58. The average molecular weight is 363 g/mol. The number of fused-ring (bicyclic) bond motifs is 1. The Morgan fingerprint density at radius 1 is 0.889 bits per heavy atom. The van der Waals surface area contributed by atoms with Crippen LogP contribution in [0.2, 0.25) is 0 Å². The van der Waals surface area contributed by atoms with Crippen LogP contribution in [0.1, 0.15) is 46.0 Å². The van der Waals surface area contributed by atoms with Crippen molar-refractivity contribution in [1.82, 2.24) is 9.97 Å². The predicted octanol–water partition coefficient (Wildman–Crippen LogP) is 4.06. The first kappa shape index (κ1) is 18.5. The number of esters is 1. The maximum atomic E-state index is 12.5. The lowest BCUT2D eigenvalue weighted by Gasteiger charge is -2.09. The van der Waals surface area contributed by atoms with Gasteiger partial charge in [-0.25, -0.2) is 14.8 Å². The molecule has 0 atom stereocenters. The van der Waals surface area contributed by atoms with E-state index in [-0.39, 0.29) is 18.0 Å². The topological polar surface area (TPSA) is 81.2 Å². The zero-order chi connectivity index (χ0) is 19.6. The van der Waals surface area contributed by atoms with Gasteiger partial charge in [0.2, 0.25) is 0 Å². The summed E-state index contributed by atoms with van der Waals surface area (Å²) in [6, 6.07) is 11.8. The van der Waals surface area contributed by atoms with Gasteiger partial charge in [-0.15, -0.1) is 0 Å². The molecule has 6 heteroatoms. The highest BCUT2D eigenvalue weighted by molar-refractivity contribution is 6.06. The Balaban J connectivity index is 1.76. The number of benzene rings is 2. The predicted molar refractivity (Wildman–Crippen MR) is 104 cm³/mol. The van der Waals surface area contributed by atoms with Crippen molar-refractivity contribution in [2.45, 2.75) is 33.8 Å². The number of aromatic nitrogens is 2. The lowest BCUT2D eigenvalue weighted by Crippen LogP contribution is -2.13. The number of ether oxygens (including phenoxy) is 1. The molecule has 0 spiro atoms. The fourth-order valence-corrected chi connectivity index (χ4v) is 2.55. The van der Waals surface area contributed by atoms with Crippen molar-refractivity contribution in [3.05, 3.63) is 65.0 Å². The summed E-state index contributed by atoms with van der Waals surface area (Å²) in [4.78, 5) is 33.3. The number of nitrogens with one attached hydrogen (secondary N) is 1. The van der Waals surface area contributed by atoms with Gasteiger partial charge >= 0.3 is 5.97 Å². The zero-order valence-electron chi connectivity index (χ0n) is 15.7. The minimum absolute atomic E-state index is 0.180. The summed E-state index contributed by atoms with van der Waals surface area (Å²) in [5, 5.41) is 2.82. The van der Waals surface area contributed by atoms with Gasteiger partial charge in [0.25, 0.3) is 5.91 Å². The third-order valence-corrected chi connectivity index (χ3v) is 4.06. The van der Waals surface area contributed by atoms with Gasteiger partial charge in [0.15, 0.2) is 0 Å². The molecule has 0 saturated heterocycles. The van der Waals surface area contributed by atoms with E-state index >= 15 is 0 Å². The number of anilines is 1. The quantitative estimate of drug-likeness (QED) is 0.707. The molecule has 0 fully saturated rings. The van der Waals surface area contributed by atoms with Crippen LogP contribution >= 0.6 is 0 Å². The number of amides is 1. The Bertz CT molecular complexity index is 1010. The Morgan fingerprint density at radius 3 is 2.11 bits per heavy atom.